The van der Waals surface area contributed by atoms with Crippen molar-refractivity contribution in [3.8, 4) is 0 Å². The van der Waals surface area contributed by atoms with Crippen molar-refractivity contribution in [3.05, 3.63) is 78.1 Å². The minimum absolute atomic E-state index is 0.168. The normalized spacial score (nSPS) is 17.4. The second-order valence-electron chi connectivity index (χ2n) is 5.88. The smallest absolute Gasteiger partial charge is 0.125 e. The minimum Gasteiger partial charge on any atom is -0.363 e. The fraction of sp³-hybridized carbons (Fsp3) is 0.211. The molecule has 1 aliphatic rings. The molecule has 122 valence electrons. The molecule has 24 heavy (non-hydrogen) atoms. The summed E-state index contributed by atoms with van der Waals surface area (Å²) in [6.07, 6.45) is 4.59. The van der Waals surface area contributed by atoms with E-state index in [0.717, 1.165) is 30.9 Å². The number of H-pyrrole nitrogens is 1. The number of benzene rings is 2. The van der Waals surface area contributed by atoms with Gasteiger partial charge in [-0.3, -0.25) is 0 Å². The lowest BCUT2D eigenvalue weighted by molar-refractivity contribution is 0.623. The van der Waals surface area contributed by atoms with Crippen LogP contribution < -0.4 is 4.90 Å². The number of aromatic nitrogens is 2. The highest BCUT2D eigenvalue weighted by atomic mass is 32.2. The summed E-state index contributed by atoms with van der Waals surface area (Å²) >= 11 is 1.82. The van der Waals surface area contributed by atoms with E-state index in [2.05, 4.69) is 39.1 Å². The fourth-order valence-electron chi connectivity index (χ4n) is 3.09. The quantitative estimate of drug-likeness (QED) is 0.744. The second-order valence-corrected chi connectivity index (χ2v) is 7.12. The first-order valence-corrected chi connectivity index (χ1v) is 8.92. The van der Waals surface area contributed by atoms with Gasteiger partial charge in [0, 0.05) is 29.1 Å². The molecule has 1 aliphatic heterocycles. The van der Waals surface area contributed by atoms with E-state index in [9.17, 15) is 4.39 Å². The number of rotatable bonds is 3. The maximum Gasteiger partial charge on any atom is 0.125 e. The van der Waals surface area contributed by atoms with E-state index in [4.69, 9.17) is 0 Å². The number of para-hydroxylation sites is 1. The van der Waals surface area contributed by atoms with Crippen molar-refractivity contribution in [1.82, 2.24) is 9.97 Å². The molecule has 0 bridgehead atoms. The zero-order chi connectivity index (χ0) is 16.4. The first-order valence-electron chi connectivity index (χ1n) is 8.04. The highest BCUT2D eigenvalue weighted by molar-refractivity contribution is 7.99. The van der Waals surface area contributed by atoms with Gasteiger partial charge in [-0.25, -0.2) is 9.37 Å². The van der Waals surface area contributed by atoms with E-state index in [0.29, 0.717) is 0 Å². The lowest BCUT2D eigenvalue weighted by Gasteiger charge is -2.23. The Balaban J connectivity index is 1.65. The lowest BCUT2D eigenvalue weighted by Crippen LogP contribution is -2.24. The van der Waals surface area contributed by atoms with Gasteiger partial charge in [-0.2, -0.15) is 0 Å². The summed E-state index contributed by atoms with van der Waals surface area (Å²) in [5.41, 5.74) is 2.27. The van der Waals surface area contributed by atoms with Crippen LogP contribution in [0, 0.1) is 5.82 Å². The van der Waals surface area contributed by atoms with E-state index >= 15 is 0 Å². The third-order valence-electron chi connectivity index (χ3n) is 4.25. The Morgan fingerprint density at radius 1 is 1.21 bits per heavy atom. The van der Waals surface area contributed by atoms with Gasteiger partial charge in [0.05, 0.1) is 12.2 Å². The van der Waals surface area contributed by atoms with E-state index in [-0.39, 0.29) is 11.1 Å². The number of nitrogens with zero attached hydrogens (tertiary/aromatic N) is 2. The van der Waals surface area contributed by atoms with E-state index < -0.39 is 0 Å². The molecule has 0 spiro atoms. The highest BCUT2D eigenvalue weighted by Crippen LogP contribution is 2.45. The number of anilines is 1. The van der Waals surface area contributed by atoms with Crippen molar-refractivity contribution in [2.24, 2.45) is 0 Å². The monoisotopic (exact) mass is 339 g/mol. The number of halogens is 1. The van der Waals surface area contributed by atoms with Gasteiger partial charge in [0.25, 0.3) is 0 Å². The van der Waals surface area contributed by atoms with Crippen LogP contribution in [0.3, 0.4) is 0 Å². The Labute approximate surface area is 144 Å². The van der Waals surface area contributed by atoms with Crippen molar-refractivity contribution in [3.63, 3.8) is 0 Å². The number of aromatic amines is 1. The molecule has 1 atom stereocenters. The molecular formula is C19H18FN3S. The van der Waals surface area contributed by atoms with Crippen LogP contribution in [-0.2, 0) is 6.54 Å². The molecule has 4 rings (SSSR count). The molecule has 0 amide bonds. The number of nitrogens with one attached hydrogen (secondary N) is 1. The average Bonchev–Trinajstić information content (AvgIpc) is 3.03. The number of hydrogen-bond acceptors (Lipinski definition) is 3. The Morgan fingerprint density at radius 3 is 2.96 bits per heavy atom. The maximum absolute atomic E-state index is 13.6. The number of hydrogen-bond donors (Lipinski definition) is 1. The molecule has 0 saturated heterocycles. The zero-order valence-corrected chi connectivity index (χ0v) is 14.0. The van der Waals surface area contributed by atoms with Crippen LogP contribution in [0.2, 0.25) is 0 Å². The molecule has 3 aromatic rings. The van der Waals surface area contributed by atoms with E-state index in [1.165, 1.54) is 16.6 Å². The summed E-state index contributed by atoms with van der Waals surface area (Å²) in [5, 5.41) is 0.253. The van der Waals surface area contributed by atoms with Gasteiger partial charge in [0.2, 0.25) is 0 Å². The summed E-state index contributed by atoms with van der Waals surface area (Å²) in [6, 6.07) is 15.4. The van der Waals surface area contributed by atoms with Crippen molar-refractivity contribution in [1.29, 1.82) is 0 Å². The van der Waals surface area contributed by atoms with Gasteiger partial charge >= 0.3 is 0 Å². The molecule has 5 heteroatoms. The zero-order valence-electron chi connectivity index (χ0n) is 13.2. The molecule has 3 nitrogen and oxygen atoms in total. The number of imidazole rings is 1. The predicted molar refractivity (Wildman–Crippen MR) is 95.7 cm³/mol. The molecule has 1 aromatic heterocycles. The standard InChI is InChI=1S/C19H18FN3S/c20-15-5-3-4-14(12-15)17-8-11-23(13-19-21-9-10-22-19)16-6-1-2-7-18(16)24-17/h1-7,9-10,12,17H,8,11,13H2,(H,21,22). The average molecular weight is 339 g/mol. The van der Waals surface area contributed by atoms with Crippen LogP contribution in [0.1, 0.15) is 23.1 Å². The molecule has 1 N–H and O–H groups in total. The number of thioether (sulfide) groups is 1. The maximum atomic E-state index is 13.6. The van der Waals surface area contributed by atoms with Crippen molar-refractivity contribution < 1.29 is 4.39 Å². The van der Waals surface area contributed by atoms with Crippen LogP contribution in [0.4, 0.5) is 10.1 Å². The Bertz CT molecular complexity index is 819. The molecule has 0 fully saturated rings. The Kier molecular flexibility index (Phi) is 4.26. The topological polar surface area (TPSA) is 31.9 Å². The number of fused-ring (bicyclic) bond motifs is 1. The molecule has 0 aliphatic carbocycles. The van der Waals surface area contributed by atoms with Crippen LogP contribution in [0.15, 0.2) is 65.8 Å². The SMILES string of the molecule is Fc1cccc(C2CCN(Cc3ncc[nH]3)c3ccccc3S2)c1. The third-order valence-corrected chi connectivity index (χ3v) is 5.64. The van der Waals surface area contributed by atoms with Gasteiger partial charge in [0.1, 0.15) is 11.6 Å². The summed E-state index contributed by atoms with van der Waals surface area (Å²) in [7, 11) is 0. The van der Waals surface area contributed by atoms with E-state index in [1.54, 1.807) is 18.3 Å². The largest absolute Gasteiger partial charge is 0.363 e. The molecule has 2 aromatic carbocycles. The summed E-state index contributed by atoms with van der Waals surface area (Å²) < 4.78 is 13.6. The predicted octanol–water partition coefficient (Wildman–Crippen LogP) is 4.79. The summed E-state index contributed by atoms with van der Waals surface area (Å²) in [5.74, 6) is 0.789. The second kappa shape index (κ2) is 6.69. The molecule has 2 heterocycles. The van der Waals surface area contributed by atoms with Crippen molar-refractivity contribution >= 4 is 17.4 Å². The summed E-state index contributed by atoms with van der Waals surface area (Å²) in [4.78, 5) is 11.1. The lowest BCUT2D eigenvalue weighted by atomic mass is 10.1. The van der Waals surface area contributed by atoms with Gasteiger partial charge < -0.3 is 9.88 Å². The first-order chi connectivity index (χ1) is 11.8. The highest BCUT2D eigenvalue weighted by Gasteiger charge is 2.23. The van der Waals surface area contributed by atoms with Crippen LogP contribution in [-0.4, -0.2) is 16.5 Å². The molecule has 0 radical (unpaired) electrons. The van der Waals surface area contributed by atoms with Crippen LogP contribution in [0.25, 0.3) is 0 Å². The minimum atomic E-state index is -0.168. The first kappa shape index (κ1) is 15.3. The Morgan fingerprint density at radius 2 is 2.12 bits per heavy atom. The summed E-state index contributed by atoms with van der Waals surface area (Å²) in [6.45, 7) is 1.66. The third kappa shape index (κ3) is 3.17. The fourth-order valence-corrected chi connectivity index (χ4v) is 4.38. The van der Waals surface area contributed by atoms with Gasteiger partial charge in [-0.05, 0) is 36.2 Å². The van der Waals surface area contributed by atoms with Crippen molar-refractivity contribution in [2.75, 3.05) is 11.4 Å². The molecule has 1 unspecified atom stereocenters. The molecule has 0 saturated carbocycles. The Hall–Kier alpha value is -2.27. The van der Waals surface area contributed by atoms with Crippen LogP contribution in [0.5, 0.6) is 0 Å². The van der Waals surface area contributed by atoms with Crippen molar-refractivity contribution in [2.45, 2.75) is 23.1 Å². The van der Waals surface area contributed by atoms with Gasteiger partial charge in [-0.1, -0.05) is 24.3 Å². The van der Waals surface area contributed by atoms with Gasteiger partial charge in [0.15, 0.2) is 0 Å². The van der Waals surface area contributed by atoms with Crippen LogP contribution >= 0.6 is 11.8 Å². The van der Waals surface area contributed by atoms with E-state index in [1.807, 2.05) is 24.0 Å². The molecular weight excluding hydrogens is 321 g/mol. The van der Waals surface area contributed by atoms with Gasteiger partial charge in [-0.15, -0.1) is 11.8 Å².